The van der Waals surface area contributed by atoms with E-state index < -0.39 is 34.7 Å². The highest BCUT2D eigenvalue weighted by molar-refractivity contribution is 6.04. The van der Waals surface area contributed by atoms with Crippen molar-refractivity contribution in [2.75, 3.05) is 0 Å². The van der Waals surface area contributed by atoms with E-state index >= 15 is 0 Å². The zero-order chi connectivity index (χ0) is 15.1. The third-order valence-corrected chi connectivity index (χ3v) is 2.89. The predicted molar refractivity (Wildman–Crippen MR) is 62.8 cm³/mol. The molecule has 106 valence electrons. The maximum absolute atomic E-state index is 13.3. The molecule has 0 aliphatic carbocycles. The minimum atomic E-state index is -1.66. The van der Waals surface area contributed by atoms with Gasteiger partial charge in [-0.25, -0.2) is 8.78 Å². The maximum Gasteiger partial charge on any atom is 0.308 e. The molecular formula is C13H11F2NO4. The third kappa shape index (κ3) is 2.11. The number of halogens is 2. The molecule has 0 radical (unpaired) electrons. The number of carbonyl (C=O) groups is 2. The highest BCUT2D eigenvalue weighted by Crippen LogP contribution is 2.37. The summed E-state index contributed by atoms with van der Waals surface area (Å²) in [6.45, 7) is 2.42. The molecule has 1 aromatic rings. The summed E-state index contributed by atoms with van der Waals surface area (Å²) in [4.78, 5) is 23.1. The summed E-state index contributed by atoms with van der Waals surface area (Å²) in [5.41, 5.74) is 3.89. The van der Waals surface area contributed by atoms with Crippen LogP contribution in [0.1, 0.15) is 19.4 Å². The van der Waals surface area contributed by atoms with Gasteiger partial charge in [0, 0.05) is 12.5 Å². The fraction of sp³-hybridized carbons (Fsp3) is 0.231. The van der Waals surface area contributed by atoms with Crippen LogP contribution in [0.3, 0.4) is 0 Å². The molecule has 1 aliphatic heterocycles. The molecule has 1 aromatic carbocycles. The van der Waals surface area contributed by atoms with Crippen molar-refractivity contribution in [2.24, 2.45) is 5.73 Å². The van der Waals surface area contributed by atoms with Gasteiger partial charge in [-0.05, 0) is 19.1 Å². The lowest BCUT2D eigenvalue weighted by Crippen LogP contribution is -2.32. The first-order valence-electron chi connectivity index (χ1n) is 5.63. The molecule has 7 heteroatoms. The van der Waals surface area contributed by atoms with Crippen LogP contribution in [0.25, 0.3) is 0 Å². The summed E-state index contributed by atoms with van der Waals surface area (Å²) in [6, 6.07) is 2.89. The normalized spacial score (nSPS) is 21.9. The summed E-state index contributed by atoms with van der Waals surface area (Å²) < 4.78 is 36.1. The van der Waals surface area contributed by atoms with Crippen molar-refractivity contribution >= 4 is 11.8 Å². The molecule has 2 N–H and O–H groups in total. The minimum absolute atomic E-state index is 0.0616. The Morgan fingerprint density at radius 1 is 1.35 bits per heavy atom. The van der Waals surface area contributed by atoms with Crippen LogP contribution in [0.2, 0.25) is 0 Å². The molecule has 1 heterocycles. The van der Waals surface area contributed by atoms with Gasteiger partial charge in [0.2, 0.25) is 11.6 Å². The van der Waals surface area contributed by atoms with Crippen molar-refractivity contribution < 1.29 is 27.8 Å². The topological polar surface area (TPSA) is 78.6 Å². The van der Waals surface area contributed by atoms with Crippen molar-refractivity contribution in [1.82, 2.24) is 0 Å². The second-order valence-corrected chi connectivity index (χ2v) is 4.38. The molecule has 1 atom stereocenters. The molecule has 0 fully saturated rings. The Hall–Kier alpha value is -2.44. The Bertz CT molecular complexity index is 641. The van der Waals surface area contributed by atoms with Crippen LogP contribution in [0.15, 0.2) is 29.8 Å². The Morgan fingerprint density at radius 2 is 2.00 bits per heavy atom. The Balaban J connectivity index is 2.41. The number of benzene rings is 1. The summed E-state index contributed by atoms with van der Waals surface area (Å²) >= 11 is 0. The first kappa shape index (κ1) is 14.0. The smallest absolute Gasteiger partial charge is 0.308 e. The number of hydrogen-bond acceptors (Lipinski definition) is 5. The quantitative estimate of drug-likeness (QED) is 0.831. The largest absolute Gasteiger partial charge is 0.457 e. The molecule has 0 spiro atoms. The van der Waals surface area contributed by atoms with Crippen LogP contribution in [0, 0.1) is 11.6 Å². The molecule has 0 saturated heterocycles. The number of esters is 1. The zero-order valence-electron chi connectivity index (χ0n) is 10.7. The lowest BCUT2D eigenvalue weighted by atomic mass is 9.91. The van der Waals surface area contributed by atoms with E-state index in [0.29, 0.717) is 0 Å². The Morgan fingerprint density at radius 3 is 2.55 bits per heavy atom. The molecule has 0 amide bonds. The van der Waals surface area contributed by atoms with Gasteiger partial charge >= 0.3 is 5.97 Å². The van der Waals surface area contributed by atoms with E-state index in [1.807, 2.05) is 0 Å². The number of hydrogen-bond donors (Lipinski definition) is 1. The van der Waals surface area contributed by atoms with Gasteiger partial charge in [-0.15, -0.1) is 0 Å². The zero-order valence-corrected chi connectivity index (χ0v) is 10.7. The van der Waals surface area contributed by atoms with E-state index in [1.54, 1.807) is 0 Å². The number of ether oxygens (including phenoxy) is 2. The predicted octanol–water partition coefficient (Wildman–Crippen LogP) is 1.47. The third-order valence-electron chi connectivity index (χ3n) is 2.89. The van der Waals surface area contributed by atoms with Crippen molar-refractivity contribution in [3.05, 3.63) is 47.0 Å². The van der Waals surface area contributed by atoms with E-state index in [1.165, 1.54) is 13.0 Å². The average Bonchev–Trinajstić information content (AvgIpc) is 2.57. The summed E-state index contributed by atoms with van der Waals surface area (Å²) in [7, 11) is 0. The standard InChI is InChI=1S/C13H11F2NO4/c1-6(17)19-10-11(18)13(2,20-12(10)16)7-3-4-8(14)9(15)5-7/h3-5H,16H2,1-2H3. The number of carbonyl (C=O) groups excluding carboxylic acids is 2. The van der Waals surface area contributed by atoms with Gasteiger partial charge in [0.1, 0.15) is 0 Å². The van der Waals surface area contributed by atoms with Crippen molar-refractivity contribution in [3.63, 3.8) is 0 Å². The molecule has 0 bridgehead atoms. The second-order valence-electron chi connectivity index (χ2n) is 4.38. The van der Waals surface area contributed by atoms with Crippen LogP contribution in [0.4, 0.5) is 8.78 Å². The lowest BCUT2D eigenvalue weighted by Gasteiger charge is -2.22. The number of Topliss-reactive ketones (excluding diaryl/α,β-unsaturated/α-hetero) is 1. The Kier molecular flexibility index (Phi) is 3.21. The molecule has 1 aliphatic rings. The van der Waals surface area contributed by atoms with Gasteiger partial charge in [-0.3, -0.25) is 9.59 Å². The van der Waals surface area contributed by atoms with Gasteiger partial charge in [0.05, 0.1) is 0 Å². The average molecular weight is 283 g/mol. The highest BCUT2D eigenvalue weighted by atomic mass is 19.2. The van der Waals surface area contributed by atoms with Gasteiger partial charge in [-0.1, -0.05) is 6.07 Å². The molecule has 1 unspecified atom stereocenters. The molecule has 20 heavy (non-hydrogen) atoms. The Labute approximate surface area is 113 Å². The molecular weight excluding hydrogens is 272 g/mol. The monoisotopic (exact) mass is 283 g/mol. The fourth-order valence-electron chi connectivity index (χ4n) is 1.86. The molecule has 0 aromatic heterocycles. The molecule has 0 saturated carbocycles. The number of nitrogens with two attached hydrogens (primary N) is 1. The van der Waals surface area contributed by atoms with E-state index in [2.05, 4.69) is 4.74 Å². The summed E-state index contributed by atoms with van der Waals surface area (Å²) in [6.07, 6.45) is 0. The van der Waals surface area contributed by atoms with Crippen molar-refractivity contribution in [3.8, 4) is 0 Å². The van der Waals surface area contributed by atoms with Crippen molar-refractivity contribution in [1.29, 1.82) is 0 Å². The van der Waals surface area contributed by atoms with E-state index in [-0.39, 0.29) is 11.4 Å². The van der Waals surface area contributed by atoms with Gasteiger partial charge in [0.25, 0.3) is 5.78 Å². The first-order valence-corrected chi connectivity index (χ1v) is 5.63. The minimum Gasteiger partial charge on any atom is -0.457 e. The van der Waals surface area contributed by atoms with Gasteiger partial charge in [0.15, 0.2) is 17.2 Å². The van der Waals surface area contributed by atoms with Crippen LogP contribution >= 0.6 is 0 Å². The van der Waals surface area contributed by atoms with Crippen molar-refractivity contribution in [2.45, 2.75) is 19.4 Å². The lowest BCUT2D eigenvalue weighted by molar-refractivity contribution is -0.142. The van der Waals surface area contributed by atoms with E-state index in [0.717, 1.165) is 19.1 Å². The van der Waals surface area contributed by atoms with E-state index in [9.17, 15) is 18.4 Å². The maximum atomic E-state index is 13.3. The van der Waals surface area contributed by atoms with Crippen LogP contribution in [0.5, 0.6) is 0 Å². The fourth-order valence-corrected chi connectivity index (χ4v) is 1.86. The first-order chi connectivity index (χ1) is 9.25. The van der Waals surface area contributed by atoms with Gasteiger partial charge in [-0.2, -0.15) is 0 Å². The summed E-state index contributed by atoms with van der Waals surface area (Å²) in [5, 5.41) is 0. The second kappa shape index (κ2) is 4.59. The molecule has 2 rings (SSSR count). The summed E-state index contributed by atoms with van der Waals surface area (Å²) in [5.74, 6) is -4.48. The van der Waals surface area contributed by atoms with Crippen LogP contribution < -0.4 is 5.73 Å². The number of ketones is 1. The van der Waals surface area contributed by atoms with Crippen LogP contribution in [-0.2, 0) is 24.7 Å². The molecule has 5 nitrogen and oxygen atoms in total. The highest BCUT2D eigenvalue weighted by Gasteiger charge is 2.48. The van der Waals surface area contributed by atoms with Gasteiger partial charge < -0.3 is 15.2 Å². The van der Waals surface area contributed by atoms with E-state index in [4.69, 9.17) is 10.5 Å². The van der Waals surface area contributed by atoms with Crippen LogP contribution in [-0.4, -0.2) is 11.8 Å². The number of rotatable bonds is 2. The SMILES string of the molecule is CC(=O)OC1=C(N)OC(C)(c2ccc(F)c(F)c2)C1=O.